The molecule has 0 radical (unpaired) electrons. The average Bonchev–Trinajstić information content (AvgIpc) is 2.27. The van der Waals surface area contributed by atoms with Crippen molar-refractivity contribution in [3.63, 3.8) is 0 Å². The Balaban J connectivity index is 2.37. The molecule has 0 spiro atoms. The fourth-order valence-electron chi connectivity index (χ4n) is 1.98. The number of carboxylic acids is 1. The second-order valence-electron chi connectivity index (χ2n) is 3.79. The summed E-state index contributed by atoms with van der Waals surface area (Å²) in [5, 5.41) is 9.03. The van der Waals surface area contributed by atoms with Crippen LogP contribution in [-0.2, 0) is 17.8 Å². The molecule has 0 fully saturated rings. The van der Waals surface area contributed by atoms with Gasteiger partial charge < -0.3 is 15.7 Å². The monoisotopic (exact) mass is 220 g/mol. The first-order chi connectivity index (χ1) is 7.59. The molecule has 3 N–H and O–H groups in total. The van der Waals surface area contributed by atoms with Crippen LogP contribution in [0.25, 0.3) is 0 Å². The minimum Gasteiger partial charge on any atom is -0.480 e. The minimum atomic E-state index is -1.02. The molecule has 5 nitrogen and oxygen atoms in total. The lowest BCUT2D eigenvalue weighted by molar-refractivity contribution is -0.142. The van der Waals surface area contributed by atoms with Gasteiger partial charge in [0.2, 0.25) is 0 Å². The van der Waals surface area contributed by atoms with Crippen LogP contribution in [0.2, 0.25) is 0 Å². The third kappa shape index (κ3) is 1.71. The molecule has 1 aliphatic heterocycles. The summed E-state index contributed by atoms with van der Waals surface area (Å²) in [7, 11) is 0. The first kappa shape index (κ1) is 10.5. The van der Waals surface area contributed by atoms with Crippen LogP contribution in [0.5, 0.6) is 0 Å². The molecule has 0 aliphatic carbocycles. The maximum Gasteiger partial charge on any atom is 0.326 e. The molecular weight excluding hydrogens is 208 g/mol. The van der Waals surface area contributed by atoms with Crippen molar-refractivity contribution in [1.82, 2.24) is 4.90 Å². The minimum absolute atomic E-state index is 0.266. The molecular formula is C11H12N2O3. The van der Waals surface area contributed by atoms with Crippen molar-refractivity contribution in [1.29, 1.82) is 0 Å². The smallest absolute Gasteiger partial charge is 0.326 e. The van der Waals surface area contributed by atoms with Crippen LogP contribution in [0.3, 0.4) is 0 Å². The summed E-state index contributed by atoms with van der Waals surface area (Å²) in [6.45, 7) is 0.266. The molecule has 1 heterocycles. The van der Waals surface area contributed by atoms with Crippen molar-refractivity contribution in [3.8, 4) is 0 Å². The second kappa shape index (κ2) is 3.84. The van der Waals surface area contributed by atoms with E-state index in [2.05, 4.69) is 0 Å². The lowest BCUT2D eigenvalue weighted by Gasteiger charge is -2.32. The van der Waals surface area contributed by atoms with Crippen LogP contribution in [0, 0.1) is 0 Å². The third-order valence-corrected chi connectivity index (χ3v) is 2.82. The molecule has 1 aliphatic rings. The van der Waals surface area contributed by atoms with Crippen LogP contribution in [0.1, 0.15) is 11.1 Å². The third-order valence-electron chi connectivity index (χ3n) is 2.82. The topological polar surface area (TPSA) is 83.6 Å². The van der Waals surface area contributed by atoms with E-state index < -0.39 is 18.0 Å². The number of nitrogens with zero attached hydrogens (tertiary/aromatic N) is 1. The molecule has 84 valence electrons. The number of benzene rings is 1. The van der Waals surface area contributed by atoms with Crippen molar-refractivity contribution in [2.24, 2.45) is 5.73 Å². The highest BCUT2D eigenvalue weighted by atomic mass is 16.4. The molecule has 1 aromatic carbocycles. The van der Waals surface area contributed by atoms with Crippen LogP contribution in [-0.4, -0.2) is 28.0 Å². The molecule has 0 saturated heterocycles. The quantitative estimate of drug-likeness (QED) is 0.726. The second-order valence-corrected chi connectivity index (χ2v) is 3.79. The van der Waals surface area contributed by atoms with Gasteiger partial charge in [0.05, 0.1) is 0 Å². The number of carbonyl (C=O) groups excluding carboxylic acids is 1. The lowest BCUT2D eigenvalue weighted by Crippen LogP contribution is -2.50. The highest BCUT2D eigenvalue weighted by molar-refractivity contribution is 5.82. The number of hydrogen-bond donors (Lipinski definition) is 2. The Morgan fingerprint density at radius 3 is 2.50 bits per heavy atom. The summed E-state index contributed by atoms with van der Waals surface area (Å²) in [6, 6.07) is 5.93. The Labute approximate surface area is 92.5 Å². The number of primary amides is 1. The number of nitrogens with two attached hydrogens (primary N) is 1. The van der Waals surface area contributed by atoms with Gasteiger partial charge in [0, 0.05) is 13.0 Å². The van der Waals surface area contributed by atoms with E-state index in [4.69, 9.17) is 10.8 Å². The summed E-state index contributed by atoms with van der Waals surface area (Å²) in [4.78, 5) is 23.4. The maximum atomic E-state index is 11.2. The molecule has 0 aromatic heterocycles. The van der Waals surface area contributed by atoms with Gasteiger partial charge in [-0.2, -0.15) is 0 Å². The number of amides is 2. The van der Waals surface area contributed by atoms with Gasteiger partial charge in [-0.1, -0.05) is 24.3 Å². The molecule has 1 aromatic rings. The largest absolute Gasteiger partial charge is 0.480 e. The highest BCUT2D eigenvalue weighted by Crippen LogP contribution is 2.22. The number of aliphatic carboxylic acids is 1. The van der Waals surface area contributed by atoms with Gasteiger partial charge >= 0.3 is 12.0 Å². The molecule has 2 amide bonds. The Morgan fingerprint density at radius 1 is 1.31 bits per heavy atom. The molecule has 2 rings (SSSR count). The van der Waals surface area contributed by atoms with Gasteiger partial charge in [0.15, 0.2) is 0 Å². The van der Waals surface area contributed by atoms with E-state index in [9.17, 15) is 9.59 Å². The Hall–Kier alpha value is -2.04. The predicted molar refractivity (Wildman–Crippen MR) is 56.7 cm³/mol. The maximum absolute atomic E-state index is 11.2. The van der Waals surface area contributed by atoms with Crippen molar-refractivity contribution in [2.75, 3.05) is 0 Å². The Kier molecular flexibility index (Phi) is 2.52. The summed E-state index contributed by atoms with van der Waals surface area (Å²) in [6.07, 6.45) is 0.314. The van der Waals surface area contributed by atoms with E-state index in [-0.39, 0.29) is 6.54 Å². The first-order valence-electron chi connectivity index (χ1n) is 4.95. The summed E-state index contributed by atoms with van der Waals surface area (Å²) in [5.74, 6) is -1.02. The van der Waals surface area contributed by atoms with E-state index in [1.165, 1.54) is 4.90 Å². The van der Waals surface area contributed by atoms with Gasteiger partial charge in [-0.15, -0.1) is 0 Å². The van der Waals surface area contributed by atoms with E-state index in [1.54, 1.807) is 0 Å². The number of fused-ring (bicyclic) bond motifs is 1. The van der Waals surface area contributed by atoms with Crippen molar-refractivity contribution in [3.05, 3.63) is 35.4 Å². The van der Waals surface area contributed by atoms with Crippen LogP contribution >= 0.6 is 0 Å². The van der Waals surface area contributed by atoms with Crippen molar-refractivity contribution < 1.29 is 14.7 Å². The van der Waals surface area contributed by atoms with Crippen LogP contribution < -0.4 is 5.73 Å². The Morgan fingerprint density at radius 2 is 1.94 bits per heavy atom. The van der Waals surface area contributed by atoms with E-state index in [1.807, 2.05) is 24.3 Å². The zero-order chi connectivity index (χ0) is 11.7. The summed E-state index contributed by atoms with van der Waals surface area (Å²) in [5.41, 5.74) is 7.10. The van der Waals surface area contributed by atoms with Gasteiger partial charge in [-0.3, -0.25) is 0 Å². The Bertz CT molecular complexity index is 404. The predicted octanol–water partition coefficient (Wildman–Crippen LogP) is 0.577. The SMILES string of the molecule is NC(=O)N1Cc2ccccc2C[C@H]1C(=O)O. The fraction of sp³-hybridized carbons (Fsp3) is 0.273. The zero-order valence-electron chi connectivity index (χ0n) is 8.59. The summed E-state index contributed by atoms with van der Waals surface area (Å²) < 4.78 is 0. The van der Waals surface area contributed by atoms with Gasteiger partial charge in [-0.25, -0.2) is 9.59 Å². The van der Waals surface area contributed by atoms with E-state index in [0.29, 0.717) is 6.42 Å². The average molecular weight is 220 g/mol. The molecule has 0 unspecified atom stereocenters. The summed E-state index contributed by atoms with van der Waals surface area (Å²) >= 11 is 0. The van der Waals surface area contributed by atoms with E-state index in [0.717, 1.165) is 11.1 Å². The van der Waals surface area contributed by atoms with Gasteiger partial charge in [0.25, 0.3) is 0 Å². The fourth-order valence-corrected chi connectivity index (χ4v) is 1.98. The standard InChI is InChI=1S/C11H12N2O3/c12-11(16)13-6-8-4-2-1-3-7(8)5-9(13)10(14)15/h1-4,9H,5-6H2,(H2,12,16)(H,14,15)/t9-/m0/s1. The molecule has 1 atom stereocenters. The molecule has 0 saturated carbocycles. The number of urea groups is 1. The molecule has 5 heteroatoms. The van der Waals surface area contributed by atoms with Gasteiger partial charge in [0.1, 0.15) is 6.04 Å². The van der Waals surface area contributed by atoms with Crippen molar-refractivity contribution in [2.45, 2.75) is 19.0 Å². The van der Waals surface area contributed by atoms with Crippen molar-refractivity contribution >= 4 is 12.0 Å². The number of carbonyl (C=O) groups is 2. The normalized spacial score (nSPS) is 19.0. The number of hydrogen-bond acceptors (Lipinski definition) is 2. The lowest BCUT2D eigenvalue weighted by atomic mass is 9.94. The molecule has 0 bridgehead atoms. The zero-order valence-corrected chi connectivity index (χ0v) is 8.59. The van der Waals surface area contributed by atoms with E-state index >= 15 is 0 Å². The van der Waals surface area contributed by atoms with Gasteiger partial charge in [-0.05, 0) is 11.1 Å². The highest BCUT2D eigenvalue weighted by Gasteiger charge is 2.33. The van der Waals surface area contributed by atoms with Crippen LogP contribution in [0.15, 0.2) is 24.3 Å². The first-order valence-corrected chi connectivity index (χ1v) is 4.95. The van der Waals surface area contributed by atoms with Crippen LogP contribution in [0.4, 0.5) is 4.79 Å². The number of carboxylic acid groups (broad SMARTS) is 1. The molecule has 16 heavy (non-hydrogen) atoms. The number of rotatable bonds is 1.